The Hall–Kier alpha value is -0.340. The van der Waals surface area contributed by atoms with Crippen molar-refractivity contribution < 1.29 is 10.2 Å². The van der Waals surface area contributed by atoms with Gasteiger partial charge in [0.2, 0.25) is 0 Å². The van der Waals surface area contributed by atoms with Crippen molar-refractivity contribution in [3.63, 3.8) is 0 Å². The fraction of sp³-hybridized carbons (Fsp3) is 0.900. The summed E-state index contributed by atoms with van der Waals surface area (Å²) in [4.78, 5) is 0. The molecule has 0 radical (unpaired) electrons. The summed E-state index contributed by atoms with van der Waals surface area (Å²) in [7, 11) is 0. The van der Waals surface area contributed by atoms with Crippen molar-refractivity contribution in [3.8, 4) is 0 Å². The molecule has 3 rings (SSSR count). The number of hydrogen-bond donors (Lipinski definition) is 2. The highest BCUT2D eigenvalue weighted by atomic mass is 16.3. The maximum atomic E-state index is 10.9. The van der Waals surface area contributed by atoms with E-state index in [1.807, 2.05) is 0 Å². The molecule has 2 heteroatoms. The molecule has 2 nitrogen and oxygen atoms in total. The Bertz CT molecular complexity index is 478. The van der Waals surface area contributed by atoms with Crippen molar-refractivity contribution in [2.75, 3.05) is 0 Å². The van der Waals surface area contributed by atoms with Gasteiger partial charge >= 0.3 is 0 Å². The molecule has 0 aromatic rings. The molecule has 0 spiro atoms. The van der Waals surface area contributed by atoms with Gasteiger partial charge in [-0.15, -0.1) is 0 Å². The topological polar surface area (TPSA) is 40.5 Å². The number of aliphatic hydroxyl groups excluding tert-OH is 1. The van der Waals surface area contributed by atoms with Gasteiger partial charge in [0.25, 0.3) is 0 Å². The molecule has 0 heterocycles. The minimum absolute atomic E-state index is 0.0182. The van der Waals surface area contributed by atoms with Gasteiger partial charge in [0.05, 0.1) is 11.7 Å². The first-order chi connectivity index (χ1) is 10.1. The highest BCUT2D eigenvalue weighted by Gasteiger charge is 2.57. The lowest BCUT2D eigenvalue weighted by Crippen LogP contribution is -2.56. The second kappa shape index (κ2) is 5.08. The molecule has 3 aliphatic carbocycles. The van der Waals surface area contributed by atoms with Crippen LogP contribution in [0, 0.1) is 28.6 Å². The molecule has 2 fully saturated rings. The van der Waals surface area contributed by atoms with Crippen LogP contribution in [0.4, 0.5) is 0 Å². The Labute approximate surface area is 136 Å². The van der Waals surface area contributed by atoms with Crippen LogP contribution in [-0.2, 0) is 0 Å². The molecule has 3 aliphatic rings. The van der Waals surface area contributed by atoms with Crippen LogP contribution >= 0.6 is 0 Å². The minimum atomic E-state index is -0.598. The molecule has 0 bridgehead atoms. The Morgan fingerprint density at radius 2 is 1.77 bits per heavy atom. The molecule has 2 saturated carbocycles. The third-order valence-corrected chi connectivity index (χ3v) is 7.74. The van der Waals surface area contributed by atoms with E-state index < -0.39 is 5.60 Å². The van der Waals surface area contributed by atoms with Gasteiger partial charge in [-0.3, -0.25) is 0 Å². The molecule has 5 unspecified atom stereocenters. The lowest BCUT2D eigenvalue weighted by atomic mass is 9.45. The van der Waals surface area contributed by atoms with Crippen molar-refractivity contribution >= 4 is 0 Å². The second-order valence-corrected chi connectivity index (χ2v) is 9.43. The molecule has 0 aliphatic heterocycles. The highest BCUT2D eigenvalue weighted by molar-refractivity contribution is 5.26. The van der Waals surface area contributed by atoms with Gasteiger partial charge in [-0.25, -0.2) is 0 Å². The molecule has 0 aromatic carbocycles. The fourth-order valence-electron chi connectivity index (χ4n) is 6.02. The first-order valence-electron chi connectivity index (χ1n) is 9.23. The first kappa shape index (κ1) is 16.5. The van der Waals surface area contributed by atoms with Crippen LogP contribution in [0.25, 0.3) is 0 Å². The van der Waals surface area contributed by atoms with Crippen LogP contribution < -0.4 is 0 Å². The second-order valence-electron chi connectivity index (χ2n) is 9.43. The van der Waals surface area contributed by atoms with E-state index >= 15 is 0 Å². The molecule has 5 atom stereocenters. The predicted octanol–water partition coefficient (Wildman–Crippen LogP) is 4.31. The lowest BCUT2D eigenvalue weighted by molar-refractivity contribution is -0.130. The Morgan fingerprint density at radius 3 is 2.41 bits per heavy atom. The average Bonchev–Trinajstić information content (AvgIpc) is 2.43. The van der Waals surface area contributed by atoms with Gasteiger partial charge in [0, 0.05) is 0 Å². The zero-order valence-electron chi connectivity index (χ0n) is 15.0. The van der Waals surface area contributed by atoms with Crippen LogP contribution in [0.2, 0.25) is 0 Å². The average molecular weight is 306 g/mol. The van der Waals surface area contributed by atoms with Gasteiger partial charge < -0.3 is 10.2 Å². The summed E-state index contributed by atoms with van der Waals surface area (Å²) < 4.78 is 0. The lowest BCUT2D eigenvalue weighted by Gasteiger charge is -2.61. The minimum Gasteiger partial charge on any atom is -0.393 e. The summed E-state index contributed by atoms with van der Waals surface area (Å²) in [5, 5.41) is 21.4. The zero-order valence-corrected chi connectivity index (χ0v) is 15.0. The summed E-state index contributed by atoms with van der Waals surface area (Å²) in [6.07, 6.45) is 8.40. The van der Waals surface area contributed by atoms with Crippen molar-refractivity contribution in [3.05, 3.63) is 11.6 Å². The van der Waals surface area contributed by atoms with Gasteiger partial charge in [-0.05, 0) is 67.1 Å². The van der Waals surface area contributed by atoms with Crippen LogP contribution in [-0.4, -0.2) is 21.9 Å². The van der Waals surface area contributed by atoms with E-state index in [0.717, 1.165) is 38.5 Å². The van der Waals surface area contributed by atoms with Gasteiger partial charge in [0.1, 0.15) is 0 Å². The molecule has 126 valence electrons. The number of aliphatic hydroxyl groups is 2. The molecular weight excluding hydrogens is 272 g/mol. The monoisotopic (exact) mass is 306 g/mol. The van der Waals surface area contributed by atoms with Crippen molar-refractivity contribution in [2.24, 2.45) is 28.6 Å². The standard InChI is InChI=1S/C20H34O2/c1-13(2)20(22)11-8-15-14(12-20)6-7-16-18(3,4)17(21)9-10-19(15,16)5/h12-13,15-17,21-22H,6-11H2,1-5H3. The molecule has 0 saturated heterocycles. The number of allylic oxidation sites excluding steroid dienone is 1. The van der Waals surface area contributed by atoms with Gasteiger partial charge in [0.15, 0.2) is 0 Å². The van der Waals surface area contributed by atoms with E-state index in [1.54, 1.807) is 0 Å². The summed E-state index contributed by atoms with van der Waals surface area (Å²) in [6.45, 7) is 11.3. The Kier molecular flexibility index (Phi) is 3.81. The van der Waals surface area contributed by atoms with E-state index in [2.05, 4.69) is 40.7 Å². The number of hydrogen-bond acceptors (Lipinski definition) is 2. The molecular formula is C20H34O2. The summed E-state index contributed by atoms with van der Waals surface area (Å²) in [6, 6.07) is 0. The predicted molar refractivity (Wildman–Crippen MR) is 90.4 cm³/mol. The smallest absolute Gasteiger partial charge is 0.0853 e. The van der Waals surface area contributed by atoms with Crippen molar-refractivity contribution in [2.45, 2.75) is 84.8 Å². The molecule has 22 heavy (non-hydrogen) atoms. The fourth-order valence-corrected chi connectivity index (χ4v) is 6.02. The van der Waals surface area contributed by atoms with E-state index in [1.165, 1.54) is 5.57 Å². The Morgan fingerprint density at radius 1 is 1.09 bits per heavy atom. The maximum absolute atomic E-state index is 10.9. The van der Waals surface area contributed by atoms with Crippen LogP contribution in [0.15, 0.2) is 11.6 Å². The summed E-state index contributed by atoms with van der Waals surface area (Å²) in [5.74, 6) is 1.49. The SMILES string of the molecule is CC(C)C1(O)C=C2CCC3C(C)(C)C(O)CCC3(C)C2CC1. The van der Waals surface area contributed by atoms with Crippen LogP contribution in [0.5, 0.6) is 0 Å². The van der Waals surface area contributed by atoms with E-state index in [0.29, 0.717) is 17.3 Å². The zero-order chi connectivity index (χ0) is 16.3. The van der Waals surface area contributed by atoms with Crippen LogP contribution in [0.1, 0.15) is 73.1 Å². The highest BCUT2D eigenvalue weighted by Crippen LogP contribution is 2.63. The summed E-state index contributed by atoms with van der Waals surface area (Å²) in [5.41, 5.74) is 1.22. The summed E-state index contributed by atoms with van der Waals surface area (Å²) >= 11 is 0. The quantitative estimate of drug-likeness (QED) is 0.709. The number of rotatable bonds is 1. The molecule has 0 amide bonds. The first-order valence-corrected chi connectivity index (χ1v) is 9.23. The van der Waals surface area contributed by atoms with Crippen LogP contribution in [0.3, 0.4) is 0 Å². The van der Waals surface area contributed by atoms with Crippen molar-refractivity contribution in [1.82, 2.24) is 0 Å². The largest absolute Gasteiger partial charge is 0.393 e. The van der Waals surface area contributed by atoms with E-state index in [9.17, 15) is 10.2 Å². The third-order valence-electron chi connectivity index (χ3n) is 7.74. The van der Waals surface area contributed by atoms with Gasteiger partial charge in [-0.2, -0.15) is 0 Å². The van der Waals surface area contributed by atoms with Gasteiger partial charge in [-0.1, -0.05) is 46.3 Å². The number of fused-ring (bicyclic) bond motifs is 3. The maximum Gasteiger partial charge on any atom is 0.0853 e. The van der Waals surface area contributed by atoms with Crippen molar-refractivity contribution in [1.29, 1.82) is 0 Å². The molecule has 2 N–H and O–H groups in total. The third kappa shape index (κ3) is 2.21. The van der Waals surface area contributed by atoms with E-state index in [4.69, 9.17) is 0 Å². The normalized spacial score (nSPS) is 47.6. The Balaban J connectivity index is 1.95. The van der Waals surface area contributed by atoms with E-state index in [-0.39, 0.29) is 17.4 Å². The molecule has 0 aromatic heterocycles.